The molecule has 0 saturated carbocycles. The lowest BCUT2D eigenvalue weighted by Gasteiger charge is -2.39. The lowest BCUT2D eigenvalue weighted by molar-refractivity contribution is -0.142. The number of piperidine rings is 1. The van der Waals surface area contributed by atoms with Crippen molar-refractivity contribution in [3.05, 3.63) is 30.3 Å². The van der Waals surface area contributed by atoms with E-state index in [1.807, 2.05) is 30.3 Å². The molecule has 0 unspecified atom stereocenters. The van der Waals surface area contributed by atoms with Crippen LogP contribution in [0.5, 0.6) is 5.75 Å². The molecule has 3 rings (SSSR count). The predicted octanol–water partition coefficient (Wildman–Crippen LogP) is 0.751. The van der Waals surface area contributed by atoms with Gasteiger partial charge in [0.25, 0.3) is 0 Å². The number of hydrogen-bond donors (Lipinski definition) is 1. The zero-order valence-electron chi connectivity index (χ0n) is 14.0. The third kappa shape index (κ3) is 4.69. The first-order valence-electron chi connectivity index (χ1n) is 8.63. The van der Waals surface area contributed by atoms with Crippen LogP contribution in [0.3, 0.4) is 0 Å². The number of β-amino-alcohol motifs (C(OH)–C–C–N with tert-alkyl or cyclic N) is 1. The van der Waals surface area contributed by atoms with Crippen LogP contribution in [0.1, 0.15) is 12.8 Å². The van der Waals surface area contributed by atoms with Crippen molar-refractivity contribution < 1.29 is 19.4 Å². The summed E-state index contributed by atoms with van der Waals surface area (Å²) in [5.74, 6) is 0.817. The van der Waals surface area contributed by atoms with Crippen LogP contribution in [0.2, 0.25) is 0 Å². The Hall–Kier alpha value is -1.63. The number of carbonyl (C=O) groups excluding carboxylic acids is 1. The Morgan fingerprint density at radius 3 is 2.71 bits per heavy atom. The monoisotopic (exact) mass is 334 g/mol. The van der Waals surface area contributed by atoms with Crippen LogP contribution in [-0.2, 0) is 9.53 Å². The highest BCUT2D eigenvalue weighted by atomic mass is 16.5. The molecule has 1 N–H and O–H groups in total. The standard InChI is InChI=1S/C18H26N2O4/c21-17(13-19-9-11-23-12-10-19)20-8-4-7-18(22,14-20)15-24-16-5-2-1-3-6-16/h1-3,5-6,22H,4,7-15H2/t18-/m1/s1. The first-order chi connectivity index (χ1) is 11.6. The molecule has 2 aliphatic rings. The maximum Gasteiger partial charge on any atom is 0.236 e. The van der Waals surface area contributed by atoms with Crippen molar-refractivity contribution in [2.45, 2.75) is 18.4 Å². The number of para-hydroxylation sites is 1. The van der Waals surface area contributed by atoms with Gasteiger partial charge in [-0.25, -0.2) is 0 Å². The van der Waals surface area contributed by atoms with Crippen LogP contribution in [0.25, 0.3) is 0 Å². The average molecular weight is 334 g/mol. The van der Waals surface area contributed by atoms with Crippen LogP contribution in [0.4, 0.5) is 0 Å². The second-order valence-electron chi connectivity index (χ2n) is 6.63. The van der Waals surface area contributed by atoms with Gasteiger partial charge < -0.3 is 19.5 Å². The largest absolute Gasteiger partial charge is 0.491 e. The molecule has 0 aliphatic carbocycles. The van der Waals surface area contributed by atoms with Crippen molar-refractivity contribution in [1.82, 2.24) is 9.80 Å². The molecule has 0 spiro atoms. The number of hydrogen-bond acceptors (Lipinski definition) is 5. The Balaban J connectivity index is 1.51. The van der Waals surface area contributed by atoms with Crippen LogP contribution in [0.15, 0.2) is 30.3 Å². The first-order valence-corrected chi connectivity index (χ1v) is 8.63. The van der Waals surface area contributed by atoms with Gasteiger partial charge in [0, 0.05) is 19.6 Å². The van der Waals surface area contributed by atoms with E-state index in [2.05, 4.69) is 4.90 Å². The number of benzene rings is 1. The molecule has 2 aliphatic heterocycles. The molecule has 0 radical (unpaired) electrons. The third-order valence-corrected chi connectivity index (χ3v) is 4.62. The number of nitrogens with zero attached hydrogens (tertiary/aromatic N) is 2. The molecule has 1 aromatic carbocycles. The highest BCUT2D eigenvalue weighted by molar-refractivity contribution is 5.78. The van der Waals surface area contributed by atoms with Crippen molar-refractivity contribution in [1.29, 1.82) is 0 Å². The summed E-state index contributed by atoms with van der Waals surface area (Å²) < 4.78 is 11.0. The molecule has 0 aromatic heterocycles. The molecular weight excluding hydrogens is 308 g/mol. The van der Waals surface area contributed by atoms with Gasteiger partial charge in [0.1, 0.15) is 18.0 Å². The lowest BCUT2D eigenvalue weighted by atomic mass is 9.93. The fraction of sp³-hybridized carbons (Fsp3) is 0.611. The molecule has 1 amide bonds. The fourth-order valence-corrected chi connectivity index (χ4v) is 3.23. The SMILES string of the molecule is O=C(CN1CCOCC1)N1CCC[C@](O)(COc2ccccc2)C1. The van der Waals surface area contributed by atoms with E-state index in [9.17, 15) is 9.90 Å². The molecule has 1 atom stereocenters. The summed E-state index contributed by atoms with van der Waals surface area (Å²) in [5.41, 5.74) is -0.977. The van der Waals surface area contributed by atoms with E-state index in [0.29, 0.717) is 39.3 Å². The molecule has 2 heterocycles. The minimum Gasteiger partial charge on any atom is -0.491 e. The predicted molar refractivity (Wildman–Crippen MR) is 90.0 cm³/mol. The van der Waals surface area contributed by atoms with Crippen molar-refractivity contribution in [3.63, 3.8) is 0 Å². The Labute approximate surface area is 143 Å². The van der Waals surface area contributed by atoms with Crippen LogP contribution < -0.4 is 4.74 Å². The first kappa shape index (κ1) is 17.2. The fourth-order valence-electron chi connectivity index (χ4n) is 3.23. The highest BCUT2D eigenvalue weighted by Crippen LogP contribution is 2.23. The van der Waals surface area contributed by atoms with Crippen LogP contribution in [-0.4, -0.2) is 79.0 Å². The zero-order chi connectivity index (χ0) is 16.8. The Bertz CT molecular complexity index is 533. The number of likely N-dealkylation sites (tertiary alicyclic amines) is 1. The van der Waals surface area contributed by atoms with E-state index in [4.69, 9.17) is 9.47 Å². The summed E-state index contributed by atoms with van der Waals surface area (Å²) in [7, 11) is 0. The van der Waals surface area contributed by atoms with Crippen molar-refractivity contribution >= 4 is 5.91 Å². The molecule has 6 heteroatoms. The number of carbonyl (C=O) groups is 1. The Kier molecular flexibility index (Phi) is 5.71. The normalized spacial score (nSPS) is 25.5. The van der Waals surface area contributed by atoms with E-state index in [-0.39, 0.29) is 12.5 Å². The smallest absolute Gasteiger partial charge is 0.236 e. The molecule has 24 heavy (non-hydrogen) atoms. The number of amides is 1. The molecule has 132 valence electrons. The summed E-state index contributed by atoms with van der Waals surface area (Å²) in [6, 6.07) is 9.46. The average Bonchev–Trinajstić information content (AvgIpc) is 2.62. The molecule has 2 saturated heterocycles. The number of ether oxygens (including phenoxy) is 2. The second-order valence-corrected chi connectivity index (χ2v) is 6.63. The second kappa shape index (κ2) is 7.96. The Morgan fingerprint density at radius 1 is 1.21 bits per heavy atom. The summed E-state index contributed by atoms with van der Waals surface area (Å²) >= 11 is 0. The van der Waals surface area contributed by atoms with Crippen molar-refractivity contribution in [2.24, 2.45) is 0 Å². The topological polar surface area (TPSA) is 62.2 Å². The van der Waals surface area contributed by atoms with Crippen LogP contribution in [0, 0.1) is 0 Å². The van der Waals surface area contributed by atoms with Gasteiger partial charge in [-0.1, -0.05) is 18.2 Å². The number of rotatable bonds is 5. The summed E-state index contributed by atoms with van der Waals surface area (Å²) in [4.78, 5) is 16.4. The van der Waals surface area contributed by atoms with Gasteiger partial charge in [-0.3, -0.25) is 9.69 Å². The van der Waals surface area contributed by atoms with Gasteiger partial charge in [-0.2, -0.15) is 0 Å². The van der Waals surface area contributed by atoms with Gasteiger partial charge in [0.15, 0.2) is 0 Å². The molecule has 2 fully saturated rings. The van der Waals surface area contributed by atoms with Gasteiger partial charge in [0.2, 0.25) is 5.91 Å². The summed E-state index contributed by atoms with van der Waals surface area (Å²) in [6.07, 6.45) is 1.45. The van der Waals surface area contributed by atoms with Gasteiger partial charge in [-0.15, -0.1) is 0 Å². The highest BCUT2D eigenvalue weighted by Gasteiger charge is 2.36. The quantitative estimate of drug-likeness (QED) is 0.861. The zero-order valence-corrected chi connectivity index (χ0v) is 14.0. The van der Waals surface area contributed by atoms with E-state index >= 15 is 0 Å². The summed E-state index contributed by atoms with van der Waals surface area (Å²) in [6.45, 7) is 4.60. The van der Waals surface area contributed by atoms with Gasteiger partial charge in [-0.05, 0) is 25.0 Å². The Morgan fingerprint density at radius 2 is 1.96 bits per heavy atom. The maximum absolute atomic E-state index is 12.5. The molecule has 6 nitrogen and oxygen atoms in total. The third-order valence-electron chi connectivity index (χ3n) is 4.62. The minimum atomic E-state index is -0.977. The van der Waals surface area contributed by atoms with E-state index in [1.165, 1.54) is 0 Å². The van der Waals surface area contributed by atoms with Crippen LogP contribution >= 0.6 is 0 Å². The number of morpholine rings is 1. The number of aliphatic hydroxyl groups is 1. The molecular formula is C18H26N2O4. The van der Waals surface area contributed by atoms with E-state index in [0.717, 1.165) is 25.3 Å². The van der Waals surface area contributed by atoms with E-state index in [1.54, 1.807) is 4.90 Å². The summed E-state index contributed by atoms with van der Waals surface area (Å²) in [5, 5.41) is 10.8. The van der Waals surface area contributed by atoms with Gasteiger partial charge >= 0.3 is 0 Å². The van der Waals surface area contributed by atoms with E-state index < -0.39 is 5.60 Å². The molecule has 0 bridgehead atoms. The van der Waals surface area contributed by atoms with Crippen molar-refractivity contribution in [2.75, 3.05) is 52.5 Å². The van der Waals surface area contributed by atoms with Gasteiger partial charge in [0.05, 0.1) is 26.3 Å². The van der Waals surface area contributed by atoms with Crippen molar-refractivity contribution in [3.8, 4) is 5.75 Å². The lowest BCUT2D eigenvalue weighted by Crippen LogP contribution is -2.55. The molecule has 1 aromatic rings. The maximum atomic E-state index is 12.5. The minimum absolute atomic E-state index is 0.0785.